The molecule has 0 saturated carbocycles. The van der Waals surface area contributed by atoms with E-state index in [1.54, 1.807) is 25.5 Å². The fraction of sp³-hybridized carbons (Fsp3) is 0.281. The molecule has 1 aliphatic rings. The van der Waals surface area contributed by atoms with E-state index in [-0.39, 0.29) is 12.2 Å². The van der Waals surface area contributed by atoms with Crippen LogP contribution in [0.3, 0.4) is 0 Å². The third-order valence-corrected chi connectivity index (χ3v) is 8.15. The molecule has 2 aromatic carbocycles. The van der Waals surface area contributed by atoms with Crippen LogP contribution in [0.1, 0.15) is 53.5 Å². The Bertz CT molecular complexity index is 1820. The van der Waals surface area contributed by atoms with Crippen LogP contribution in [0.15, 0.2) is 69.6 Å². The van der Waals surface area contributed by atoms with E-state index >= 15 is 0 Å². The van der Waals surface area contributed by atoms with Crippen molar-refractivity contribution in [1.29, 1.82) is 0 Å². The summed E-state index contributed by atoms with van der Waals surface area (Å²) in [6, 6.07) is 15.3. The molecule has 0 spiro atoms. The zero-order valence-electron chi connectivity index (χ0n) is 23.9. The standard InChI is InChI=1S/C32H33N3O4S/c1-8-39-31(37)28-21(5)33-32-35(29(28)23-9-11-26(38-7)12-10-23)30(36)27(40-32)17-24-16-20(4)34(22(24)6)25-14-18(2)13-19(3)15-25/h9-17,29H,8H2,1-7H3/b27-17+/t29-/m1/s1. The number of allylic oxidation sites excluding steroid dienone is 1. The van der Waals surface area contributed by atoms with Gasteiger partial charge in [-0.05, 0) is 100 Å². The van der Waals surface area contributed by atoms with Crippen molar-refractivity contribution in [2.75, 3.05) is 13.7 Å². The number of rotatable bonds is 6. The summed E-state index contributed by atoms with van der Waals surface area (Å²) in [6.45, 7) is 12.1. The number of benzene rings is 2. The highest BCUT2D eigenvalue weighted by atomic mass is 32.1. The average molecular weight is 556 g/mol. The number of carbonyl (C=O) groups excluding carboxylic acids is 1. The third kappa shape index (κ3) is 4.84. The minimum absolute atomic E-state index is 0.199. The SMILES string of the molecule is CCOC(=O)C1=C(C)N=c2s/c(=C/c3cc(C)n(-c4cc(C)cc(C)c4)c3C)c(=O)n2[C@@H]1c1ccc(OC)cc1. The highest BCUT2D eigenvalue weighted by Gasteiger charge is 2.33. The van der Waals surface area contributed by atoms with E-state index in [2.05, 4.69) is 61.5 Å². The maximum absolute atomic E-state index is 14.0. The van der Waals surface area contributed by atoms with Crippen LogP contribution in [0.5, 0.6) is 5.75 Å². The molecule has 40 heavy (non-hydrogen) atoms. The van der Waals surface area contributed by atoms with Crippen LogP contribution in [0.2, 0.25) is 0 Å². The van der Waals surface area contributed by atoms with Crippen molar-refractivity contribution < 1.29 is 14.3 Å². The van der Waals surface area contributed by atoms with Gasteiger partial charge in [-0.1, -0.05) is 29.5 Å². The van der Waals surface area contributed by atoms with Crippen molar-refractivity contribution in [3.63, 3.8) is 0 Å². The first kappa shape index (κ1) is 27.4. The predicted octanol–water partition coefficient (Wildman–Crippen LogP) is 4.83. The number of carbonyl (C=O) groups is 1. The predicted molar refractivity (Wildman–Crippen MR) is 158 cm³/mol. The molecule has 0 unspecified atom stereocenters. The smallest absolute Gasteiger partial charge is 0.338 e. The van der Waals surface area contributed by atoms with E-state index in [0.29, 0.717) is 26.4 Å². The van der Waals surface area contributed by atoms with E-state index in [1.165, 1.54) is 22.5 Å². The van der Waals surface area contributed by atoms with Crippen LogP contribution < -0.4 is 19.6 Å². The van der Waals surface area contributed by atoms with Gasteiger partial charge in [0.1, 0.15) is 5.75 Å². The Hall–Kier alpha value is -4.17. The van der Waals surface area contributed by atoms with Crippen molar-refractivity contribution in [2.45, 2.75) is 47.6 Å². The van der Waals surface area contributed by atoms with E-state index in [0.717, 1.165) is 28.2 Å². The molecule has 206 valence electrons. The van der Waals surface area contributed by atoms with Crippen LogP contribution in [0.25, 0.3) is 11.8 Å². The Balaban J connectivity index is 1.69. The number of esters is 1. The minimum Gasteiger partial charge on any atom is -0.497 e. The molecule has 0 amide bonds. The quantitative estimate of drug-likeness (QED) is 0.320. The van der Waals surface area contributed by atoms with Crippen LogP contribution in [0.4, 0.5) is 0 Å². The summed E-state index contributed by atoms with van der Waals surface area (Å²) in [5.41, 5.74) is 8.06. The average Bonchev–Trinajstić information content (AvgIpc) is 3.36. The number of hydrogen-bond donors (Lipinski definition) is 0. The Labute approximate surface area is 237 Å². The Kier molecular flexibility index (Phi) is 7.38. The lowest BCUT2D eigenvalue weighted by Crippen LogP contribution is -2.39. The van der Waals surface area contributed by atoms with E-state index in [1.807, 2.05) is 30.3 Å². The molecule has 0 bridgehead atoms. The van der Waals surface area contributed by atoms with Crippen molar-refractivity contribution >= 4 is 23.4 Å². The molecule has 4 aromatic rings. The van der Waals surface area contributed by atoms with Crippen molar-refractivity contribution in [3.05, 3.63) is 113 Å². The summed E-state index contributed by atoms with van der Waals surface area (Å²) >= 11 is 1.33. The highest BCUT2D eigenvalue weighted by molar-refractivity contribution is 7.07. The lowest BCUT2D eigenvalue weighted by Gasteiger charge is -2.24. The topological polar surface area (TPSA) is 74.8 Å². The molecule has 2 aromatic heterocycles. The number of nitrogens with zero attached hydrogens (tertiary/aromatic N) is 3. The lowest BCUT2D eigenvalue weighted by atomic mass is 9.96. The number of fused-ring (bicyclic) bond motifs is 1. The summed E-state index contributed by atoms with van der Waals surface area (Å²) in [6.07, 6.45) is 1.93. The third-order valence-electron chi connectivity index (χ3n) is 7.17. The van der Waals surface area contributed by atoms with Crippen molar-refractivity contribution in [3.8, 4) is 11.4 Å². The second-order valence-electron chi connectivity index (χ2n) is 10.1. The van der Waals surface area contributed by atoms with Crippen LogP contribution in [0, 0.1) is 27.7 Å². The van der Waals surface area contributed by atoms with E-state index in [9.17, 15) is 9.59 Å². The van der Waals surface area contributed by atoms with Gasteiger partial charge >= 0.3 is 5.97 Å². The Morgan fingerprint density at radius 1 is 1.02 bits per heavy atom. The molecular formula is C32H33N3O4S. The van der Waals surface area contributed by atoms with Gasteiger partial charge in [-0.2, -0.15) is 0 Å². The van der Waals surface area contributed by atoms with Crippen LogP contribution in [-0.2, 0) is 9.53 Å². The number of methoxy groups -OCH3 is 1. The van der Waals surface area contributed by atoms with Gasteiger partial charge in [0.25, 0.3) is 5.56 Å². The molecule has 7 nitrogen and oxygen atoms in total. The first-order chi connectivity index (χ1) is 19.1. The fourth-order valence-corrected chi connectivity index (χ4v) is 6.48. The summed E-state index contributed by atoms with van der Waals surface area (Å²) in [7, 11) is 1.60. The second-order valence-corrected chi connectivity index (χ2v) is 11.1. The summed E-state index contributed by atoms with van der Waals surface area (Å²) in [4.78, 5) is 32.3. The van der Waals surface area contributed by atoms with Gasteiger partial charge in [0, 0.05) is 17.1 Å². The number of hydrogen-bond acceptors (Lipinski definition) is 6. The molecule has 0 saturated heterocycles. The molecular weight excluding hydrogens is 522 g/mol. The van der Waals surface area contributed by atoms with Gasteiger partial charge in [-0.15, -0.1) is 0 Å². The maximum atomic E-state index is 14.0. The lowest BCUT2D eigenvalue weighted by molar-refractivity contribution is -0.139. The van der Waals surface area contributed by atoms with E-state index < -0.39 is 12.0 Å². The van der Waals surface area contributed by atoms with Crippen LogP contribution >= 0.6 is 11.3 Å². The highest BCUT2D eigenvalue weighted by Crippen LogP contribution is 2.31. The van der Waals surface area contributed by atoms with Gasteiger partial charge in [0.05, 0.1) is 35.6 Å². The first-order valence-corrected chi connectivity index (χ1v) is 14.1. The number of aromatic nitrogens is 2. The molecule has 1 atom stereocenters. The number of ether oxygens (including phenoxy) is 2. The van der Waals surface area contributed by atoms with Gasteiger partial charge in [0.2, 0.25) is 0 Å². The summed E-state index contributed by atoms with van der Waals surface area (Å²) < 4.78 is 15.1. The molecule has 3 heterocycles. The zero-order chi connectivity index (χ0) is 28.7. The molecule has 0 radical (unpaired) electrons. The maximum Gasteiger partial charge on any atom is 0.338 e. The van der Waals surface area contributed by atoms with E-state index in [4.69, 9.17) is 9.47 Å². The summed E-state index contributed by atoms with van der Waals surface area (Å²) in [5.74, 6) is 0.213. The monoisotopic (exact) mass is 555 g/mol. The molecule has 1 aliphatic heterocycles. The molecule has 0 fully saturated rings. The minimum atomic E-state index is -0.661. The normalized spacial score (nSPS) is 15.2. The Morgan fingerprint density at radius 3 is 2.33 bits per heavy atom. The summed E-state index contributed by atoms with van der Waals surface area (Å²) in [5, 5.41) is 0. The molecule has 0 aliphatic carbocycles. The molecule has 8 heteroatoms. The zero-order valence-corrected chi connectivity index (χ0v) is 24.7. The number of aryl methyl sites for hydroxylation is 3. The molecule has 5 rings (SSSR count). The van der Waals surface area contributed by atoms with Gasteiger partial charge in [-0.25, -0.2) is 9.79 Å². The van der Waals surface area contributed by atoms with Crippen molar-refractivity contribution in [2.24, 2.45) is 4.99 Å². The Morgan fingerprint density at radius 2 is 1.70 bits per heavy atom. The molecule has 0 N–H and O–H groups in total. The van der Waals surface area contributed by atoms with Crippen molar-refractivity contribution in [1.82, 2.24) is 9.13 Å². The fourth-order valence-electron chi connectivity index (χ4n) is 5.45. The largest absolute Gasteiger partial charge is 0.497 e. The van der Waals surface area contributed by atoms with Gasteiger partial charge < -0.3 is 14.0 Å². The van der Waals surface area contributed by atoms with Gasteiger partial charge in [-0.3, -0.25) is 9.36 Å². The van der Waals surface area contributed by atoms with Crippen LogP contribution in [-0.4, -0.2) is 28.8 Å². The second kappa shape index (κ2) is 10.8. The number of thiazole rings is 1. The first-order valence-electron chi connectivity index (χ1n) is 13.2. The van der Waals surface area contributed by atoms with Gasteiger partial charge in [0.15, 0.2) is 4.80 Å².